The summed E-state index contributed by atoms with van der Waals surface area (Å²) >= 11 is 6.10. The van der Waals surface area contributed by atoms with Crippen LogP contribution < -0.4 is 5.32 Å². The highest BCUT2D eigenvalue weighted by Gasteiger charge is 2.38. The number of hydrogen-bond donors (Lipinski definition) is 5. The van der Waals surface area contributed by atoms with Crippen molar-refractivity contribution in [3.8, 4) is 0 Å². The minimum Gasteiger partial charge on any atom is -0.390 e. The number of fused-ring (bicyclic) bond motifs is 1. The van der Waals surface area contributed by atoms with Crippen molar-refractivity contribution in [1.29, 1.82) is 0 Å². The van der Waals surface area contributed by atoms with Crippen LogP contribution >= 0.6 is 26.8 Å². The quantitative estimate of drug-likeness (QED) is 0.263. The van der Waals surface area contributed by atoms with Crippen LogP contribution in [-0.2, 0) is 18.4 Å². The largest absolute Gasteiger partial charge is 0.390 e. The molecule has 176 valence electrons. The lowest BCUT2D eigenvalue weighted by Gasteiger charge is -2.27. The van der Waals surface area contributed by atoms with Gasteiger partial charge in [-0.3, -0.25) is 9.13 Å². The molecule has 2 aliphatic rings. The number of nitrogens with one attached hydrogen (secondary N) is 1. The smallest absolute Gasteiger partial charge is 0.340 e. The Morgan fingerprint density at radius 3 is 2.62 bits per heavy atom. The SMILES string of the molecule is O=P(O)(O)CP(=O)(O)OC[C@@H]1C[C@@H](O)[C@H](c2ccc3c(NC4CCC4)nc(Cl)nc3c2)O1. The van der Waals surface area contributed by atoms with E-state index in [1.807, 2.05) is 6.07 Å². The average molecular weight is 508 g/mol. The van der Waals surface area contributed by atoms with E-state index in [1.165, 1.54) is 6.42 Å². The zero-order valence-electron chi connectivity index (χ0n) is 16.9. The van der Waals surface area contributed by atoms with Crippen LogP contribution in [0.5, 0.6) is 0 Å². The molecule has 1 saturated carbocycles. The number of rotatable bonds is 8. The summed E-state index contributed by atoms with van der Waals surface area (Å²) in [7, 11) is -9.21. The van der Waals surface area contributed by atoms with Crippen LogP contribution in [0, 0.1) is 0 Å². The van der Waals surface area contributed by atoms with Gasteiger partial charge in [-0.1, -0.05) is 6.07 Å². The summed E-state index contributed by atoms with van der Waals surface area (Å²) in [6.45, 7) is -0.391. The summed E-state index contributed by atoms with van der Waals surface area (Å²) in [5, 5.41) is 14.7. The van der Waals surface area contributed by atoms with Gasteiger partial charge >= 0.3 is 15.2 Å². The molecule has 0 radical (unpaired) electrons. The fourth-order valence-electron chi connectivity index (χ4n) is 3.78. The van der Waals surface area contributed by atoms with Gasteiger partial charge in [-0.2, -0.15) is 0 Å². The molecule has 2 heterocycles. The minimum absolute atomic E-state index is 0.0967. The van der Waals surface area contributed by atoms with Crippen molar-refractivity contribution in [3.05, 3.63) is 29.0 Å². The molecule has 1 aliphatic heterocycles. The van der Waals surface area contributed by atoms with E-state index in [0.29, 0.717) is 22.9 Å². The maximum Gasteiger partial charge on any atom is 0.340 e. The van der Waals surface area contributed by atoms with E-state index in [9.17, 15) is 19.1 Å². The molecule has 1 unspecified atom stereocenters. The van der Waals surface area contributed by atoms with Gasteiger partial charge in [-0.25, -0.2) is 9.97 Å². The highest BCUT2D eigenvalue weighted by molar-refractivity contribution is 7.70. The Balaban J connectivity index is 1.46. The summed E-state index contributed by atoms with van der Waals surface area (Å²) in [4.78, 5) is 35.9. The lowest BCUT2D eigenvalue weighted by molar-refractivity contribution is -0.00786. The van der Waals surface area contributed by atoms with E-state index in [0.717, 1.165) is 18.2 Å². The Kier molecular flexibility index (Phi) is 6.94. The number of benzene rings is 1. The molecule has 0 amide bonds. The molecule has 5 N–H and O–H groups in total. The Labute approximate surface area is 188 Å². The Morgan fingerprint density at radius 1 is 1.22 bits per heavy atom. The van der Waals surface area contributed by atoms with E-state index in [4.69, 9.17) is 30.6 Å². The first-order valence-electron chi connectivity index (χ1n) is 10.1. The molecule has 14 heteroatoms. The van der Waals surface area contributed by atoms with Gasteiger partial charge in [0.1, 0.15) is 11.9 Å². The summed E-state index contributed by atoms with van der Waals surface area (Å²) in [5.74, 6) is -0.625. The number of hydrogen-bond acceptors (Lipinski definition) is 8. The van der Waals surface area contributed by atoms with E-state index in [-0.39, 0.29) is 11.7 Å². The number of ether oxygens (including phenoxy) is 1. The molecule has 1 saturated heterocycles. The maximum absolute atomic E-state index is 11.8. The van der Waals surface area contributed by atoms with Crippen molar-refractivity contribution in [3.63, 3.8) is 0 Å². The first-order chi connectivity index (χ1) is 15.0. The Bertz CT molecular complexity index is 1100. The summed E-state index contributed by atoms with van der Waals surface area (Å²) in [6.07, 6.45) is 1.06. The van der Waals surface area contributed by atoms with Crippen LogP contribution in [0.2, 0.25) is 5.28 Å². The molecular formula is C18H24ClN3O8P2. The van der Waals surface area contributed by atoms with Crippen molar-refractivity contribution in [2.24, 2.45) is 0 Å². The van der Waals surface area contributed by atoms with Crippen molar-refractivity contribution in [1.82, 2.24) is 9.97 Å². The van der Waals surface area contributed by atoms with Gasteiger partial charge < -0.3 is 34.4 Å². The zero-order chi connectivity index (χ0) is 23.1. The standard InChI is InChI=1S/C18H24ClN3O8P2/c19-18-21-14-6-10(4-5-13(14)17(22-18)20-11-2-1-3-11)16-15(23)7-12(30-16)8-29-32(27,28)9-31(24,25)26/h4-6,11-12,15-16,23H,1-3,7-9H2,(H,27,28)(H,20,21,22)(H2,24,25,26)/t12-,15+,16-/m0/s1. The topological polar surface area (TPSA) is 171 Å². The van der Waals surface area contributed by atoms with Crippen LogP contribution in [0.15, 0.2) is 18.2 Å². The molecule has 1 aromatic heterocycles. The van der Waals surface area contributed by atoms with Crippen LogP contribution in [-0.4, -0.2) is 60.5 Å². The number of halogens is 1. The second kappa shape index (κ2) is 9.25. The molecule has 1 aliphatic carbocycles. The predicted molar refractivity (Wildman–Crippen MR) is 117 cm³/mol. The maximum atomic E-state index is 11.8. The molecular weight excluding hydrogens is 484 g/mol. The predicted octanol–water partition coefficient (Wildman–Crippen LogP) is 2.78. The number of aliphatic hydroxyl groups excluding tert-OH is 1. The van der Waals surface area contributed by atoms with Crippen molar-refractivity contribution in [2.75, 3.05) is 17.8 Å². The Morgan fingerprint density at radius 2 is 1.97 bits per heavy atom. The summed E-state index contributed by atoms with van der Waals surface area (Å²) in [5.41, 5.74) is 1.22. The highest BCUT2D eigenvalue weighted by Crippen LogP contribution is 2.55. The normalized spacial score (nSPS) is 26.1. The van der Waals surface area contributed by atoms with Gasteiger partial charge in [0.2, 0.25) is 5.28 Å². The minimum atomic E-state index is -4.72. The van der Waals surface area contributed by atoms with Crippen molar-refractivity contribution < 1.29 is 38.2 Å². The second-order valence-corrected chi connectivity index (χ2v) is 12.4. The van der Waals surface area contributed by atoms with Gasteiger partial charge in [0.05, 0.1) is 24.3 Å². The summed E-state index contributed by atoms with van der Waals surface area (Å²) in [6, 6.07) is 5.71. The van der Waals surface area contributed by atoms with Gasteiger partial charge in [0, 0.05) is 17.8 Å². The molecule has 0 bridgehead atoms. The fourth-order valence-corrected chi connectivity index (χ4v) is 6.54. The van der Waals surface area contributed by atoms with Crippen LogP contribution in [0.3, 0.4) is 0 Å². The van der Waals surface area contributed by atoms with E-state index < -0.39 is 46.0 Å². The first-order valence-corrected chi connectivity index (χ1v) is 14.0. The molecule has 1 aromatic carbocycles. The van der Waals surface area contributed by atoms with Gasteiger partial charge in [-0.05, 0) is 48.6 Å². The van der Waals surface area contributed by atoms with E-state index in [2.05, 4.69) is 15.3 Å². The molecule has 2 fully saturated rings. The third kappa shape index (κ3) is 5.86. The fraction of sp³-hybridized carbons (Fsp3) is 0.556. The van der Waals surface area contributed by atoms with Crippen molar-refractivity contribution in [2.45, 2.75) is 50.0 Å². The number of anilines is 1. The molecule has 11 nitrogen and oxygen atoms in total. The van der Waals surface area contributed by atoms with E-state index >= 15 is 0 Å². The third-order valence-electron chi connectivity index (χ3n) is 5.49. The van der Waals surface area contributed by atoms with Crippen LogP contribution in [0.4, 0.5) is 5.82 Å². The van der Waals surface area contributed by atoms with Gasteiger partial charge in [0.15, 0.2) is 5.90 Å². The molecule has 4 atom stereocenters. The van der Waals surface area contributed by atoms with Gasteiger partial charge in [0.25, 0.3) is 0 Å². The third-order valence-corrected chi connectivity index (χ3v) is 9.11. The number of nitrogens with zero attached hydrogens (tertiary/aromatic N) is 2. The first kappa shape index (κ1) is 24.0. The van der Waals surface area contributed by atoms with E-state index in [1.54, 1.807) is 12.1 Å². The number of aliphatic hydroxyl groups is 1. The Hall–Kier alpha value is -1.13. The molecule has 32 heavy (non-hydrogen) atoms. The van der Waals surface area contributed by atoms with Gasteiger partial charge in [-0.15, -0.1) is 0 Å². The zero-order valence-corrected chi connectivity index (χ0v) is 19.4. The average Bonchev–Trinajstić information content (AvgIpc) is 3.01. The molecule has 0 spiro atoms. The number of aromatic nitrogens is 2. The lowest BCUT2D eigenvalue weighted by atomic mass is 9.93. The second-order valence-electron chi connectivity index (χ2n) is 8.11. The van der Waals surface area contributed by atoms with Crippen LogP contribution in [0.25, 0.3) is 10.9 Å². The highest BCUT2D eigenvalue weighted by atomic mass is 35.5. The van der Waals surface area contributed by atoms with Crippen molar-refractivity contribution >= 4 is 43.5 Å². The van der Waals surface area contributed by atoms with Crippen LogP contribution in [0.1, 0.15) is 37.4 Å². The summed E-state index contributed by atoms with van der Waals surface area (Å²) < 4.78 is 33.4. The monoisotopic (exact) mass is 507 g/mol. The molecule has 2 aromatic rings. The lowest BCUT2D eigenvalue weighted by Crippen LogP contribution is -2.27. The molecule has 4 rings (SSSR count).